The van der Waals surface area contributed by atoms with Crippen LogP contribution >= 0.6 is 0 Å². The third-order valence-electron chi connectivity index (χ3n) is 3.72. The molecule has 0 aliphatic carbocycles. The zero-order chi connectivity index (χ0) is 18.6. The van der Waals surface area contributed by atoms with Crippen molar-refractivity contribution in [3.8, 4) is 0 Å². The van der Waals surface area contributed by atoms with Crippen LogP contribution in [0.4, 0.5) is 24.5 Å². The monoisotopic (exact) mass is 356 g/mol. The van der Waals surface area contributed by atoms with Gasteiger partial charge in [-0.05, 0) is 36.4 Å². The van der Waals surface area contributed by atoms with Gasteiger partial charge in [-0.3, -0.25) is 15.2 Å². The van der Waals surface area contributed by atoms with Crippen LogP contribution in [-0.2, 0) is 6.18 Å². The molecule has 0 saturated carbocycles. The Labute approximate surface area is 148 Å². The fourth-order valence-electron chi connectivity index (χ4n) is 2.52. The third kappa shape index (κ3) is 3.85. The Bertz CT molecular complexity index is 841. The average Bonchev–Trinajstić information content (AvgIpc) is 2.66. The number of amides is 1. The molecule has 26 heavy (non-hydrogen) atoms. The number of hydrogen-bond donors (Lipinski definition) is 1. The number of para-hydroxylation sites is 2. The van der Waals surface area contributed by atoms with E-state index < -0.39 is 23.2 Å². The number of carbonyl (C=O) groups excluding carboxylic acids is 1. The van der Waals surface area contributed by atoms with E-state index in [9.17, 15) is 18.0 Å². The van der Waals surface area contributed by atoms with Gasteiger partial charge in [-0.15, -0.1) is 0 Å². The first-order valence-electron chi connectivity index (χ1n) is 7.84. The molecule has 0 aromatic heterocycles. The molecule has 1 amide bonds. The lowest BCUT2D eigenvalue weighted by atomic mass is 10.1. The van der Waals surface area contributed by atoms with Crippen LogP contribution < -0.4 is 10.4 Å². The van der Waals surface area contributed by atoms with Crippen molar-refractivity contribution in [2.75, 3.05) is 5.01 Å². The Kier molecular flexibility index (Phi) is 4.93. The highest BCUT2D eigenvalue weighted by Gasteiger charge is 2.35. The van der Waals surface area contributed by atoms with Gasteiger partial charge in [0, 0.05) is 0 Å². The number of carbonyl (C=O) groups is 1. The van der Waals surface area contributed by atoms with Gasteiger partial charge >= 0.3 is 6.18 Å². The van der Waals surface area contributed by atoms with Crippen LogP contribution in [0.1, 0.15) is 15.9 Å². The van der Waals surface area contributed by atoms with E-state index in [-0.39, 0.29) is 0 Å². The second kappa shape index (κ2) is 7.31. The molecule has 0 heterocycles. The van der Waals surface area contributed by atoms with Crippen molar-refractivity contribution in [3.63, 3.8) is 0 Å². The maximum atomic E-state index is 13.2. The zero-order valence-electron chi connectivity index (χ0n) is 13.6. The maximum Gasteiger partial charge on any atom is 0.417 e. The minimum absolute atomic E-state index is 0.433. The fraction of sp³-hybridized carbons (Fsp3) is 0.0500. The molecule has 0 aliphatic heterocycles. The van der Waals surface area contributed by atoms with E-state index in [2.05, 4.69) is 5.43 Å². The lowest BCUT2D eigenvalue weighted by molar-refractivity contribution is -0.137. The molecule has 3 aromatic carbocycles. The Morgan fingerprint density at radius 1 is 0.731 bits per heavy atom. The van der Waals surface area contributed by atoms with E-state index >= 15 is 0 Å². The highest BCUT2D eigenvalue weighted by molar-refractivity contribution is 5.97. The van der Waals surface area contributed by atoms with E-state index in [1.165, 1.54) is 17.1 Å². The first-order chi connectivity index (χ1) is 12.5. The van der Waals surface area contributed by atoms with E-state index in [1.54, 1.807) is 48.5 Å². The molecule has 0 saturated heterocycles. The van der Waals surface area contributed by atoms with Crippen molar-refractivity contribution in [1.82, 2.24) is 5.43 Å². The van der Waals surface area contributed by atoms with Crippen molar-refractivity contribution in [2.24, 2.45) is 0 Å². The first kappa shape index (κ1) is 17.5. The maximum absolute atomic E-state index is 13.2. The number of hydrazine groups is 1. The van der Waals surface area contributed by atoms with Gasteiger partial charge in [0.25, 0.3) is 5.91 Å². The van der Waals surface area contributed by atoms with Crippen LogP contribution in [0.25, 0.3) is 0 Å². The molecule has 3 rings (SSSR count). The van der Waals surface area contributed by atoms with Crippen LogP contribution in [0, 0.1) is 0 Å². The van der Waals surface area contributed by atoms with Gasteiger partial charge in [-0.2, -0.15) is 13.2 Å². The molecule has 0 atom stereocenters. The normalized spacial score (nSPS) is 11.0. The summed E-state index contributed by atoms with van der Waals surface area (Å²) in [5, 5.41) is 1.45. The summed E-state index contributed by atoms with van der Waals surface area (Å²) in [6, 6.07) is 22.5. The summed E-state index contributed by atoms with van der Waals surface area (Å²) in [6.45, 7) is 0. The van der Waals surface area contributed by atoms with Crippen LogP contribution in [0.3, 0.4) is 0 Å². The SMILES string of the molecule is O=C(NN(c1ccccc1)c1ccccc1)c1ccccc1C(F)(F)F. The average molecular weight is 356 g/mol. The highest BCUT2D eigenvalue weighted by Crippen LogP contribution is 2.32. The molecule has 0 aliphatic rings. The summed E-state index contributed by atoms with van der Waals surface area (Å²) in [5.41, 5.74) is 2.41. The van der Waals surface area contributed by atoms with E-state index in [4.69, 9.17) is 0 Å². The second-order valence-electron chi connectivity index (χ2n) is 5.49. The molecule has 3 aromatic rings. The van der Waals surface area contributed by atoms with Crippen molar-refractivity contribution in [2.45, 2.75) is 6.18 Å². The van der Waals surface area contributed by atoms with Crippen molar-refractivity contribution < 1.29 is 18.0 Å². The van der Waals surface area contributed by atoms with Crippen molar-refractivity contribution >= 4 is 17.3 Å². The summed E-state index contributed by atoms with van der Waals surface area (Å²) < 4.78 is 39.6. The standard InChI is InChI=1S/C20H15F3N2O/c21-20(22,23)18-14-8-7-13-17(18)19(26)24-25(15-9-3-1-4-10-15)16-11-5-2-6-12-16/h1-14H,(H,24,26). The molecular weight excluding hydrogens is 341 g/mol. The smallest absolute Gasteiger partial charge is 0.267 e. The minimum Gasteiger partial charge on any atom is -0.267 e. The summed E-state index contributed by atoms with van der Waals surface area (Å²) in [4.78, 5) is 12.6. The fourth-order valence-corrected chi connectivity index (χ4v) is 2.52. The number of halogens is 3. The number of hydrogen-bond acceptors (Lipinski definition) is 2. The van der Waals surface area contributed by atoms with Crippen LogP contribution in [-0.4, -0.2) is 5.91 Å². The predicted molar refractivity (Wildman–Crippen MR) is 93.9 cm³/mol. The molecule has 3 nitrogen and oxygen atoms in total. The topological polar surface area (TPSA) is 32.3 Å². The van der Waals surface area contributed by atoms with Crippen molar-refractivity contribution in [3.05, 3.63) is 96.1 Å². The molecule has 0 fully saturated rings. The quantitative estimate of drug-likeness (QED) is 0.653. The number of nitrogens with one attached hydrogen (secondary N) is 1. The van der Waals surface area contributed by atoms with Gasteiger partial charge in [-0.1, -0.05) is 48.5 Å². The number of rotatable bonds is 4. The number of benzene rings is 3. The Hall–Kier alpha value is -3.28. The lowest BCUT2D eigenvalue weighted by Crippen LogP contribution is -2.39. The second-order valence-corrected chi connectivity index (χ2v) is 5.49. The first-order valence-corrected chi connectivity index (χ1v) is 7.84. The third-order valence-corrected chi connectivity index (χ3v) is 3.72. The van der Waals surface area contributed by atoms with E-state index in [1.807, 2.05) is 12.1 Å². The minimum atomic E-state index is -4.61. The molecule has 132 valence electrons. The van der Waals surface area contributed by atoms with E-state index in [0.717, 1.165) is 12.1 Å². The summed E-state index contributed by atoms with van der Waals surface area (Å²) in [6.07, 6.45) is -4.61. The van der Waals surface area contributed by atoms with E-state index in [0.29, 0.717) is 11.4 Å². The predicted octanol–water partition coefficient (Wildman–Crippen LogP) is 5.19. The molecule has 0 radical (unpaired) electrons. The van der Waals surface area contributed by atoms with Crippen LogP contribution in [0.15, 0.2) is 84.9 Å². The lowest BCUT2D eigenvalue weighted by Gasteiger charge is -2.26. The Balaban J connectivity index is 1.97. The molecule has 0 unspecified atom stereocenters. The summed E-state index contributed by atoms with van der Waals surface area (Å²) >= 11 is 0. The highest BCUT2D eigenvalue weighted by atomic mass is 19.4. The Morgan fingerprint density at radius 2 is 1.19 bits per heavy atom. The van der Waals surface area contributed by atoms with Gasteiger partial charge in [0.05, 0.1) is 22.5 Å². The summed E-state index contributed by atoms with van der Waals surface area (Å²) in [5.74, 6) is -0.842. The molecular formula is C20H15F3N2O. The largest absolute Gasteiger partial charge is 0.417 e. The zero-order valence-corrected chi connectivity index (χ0v) is 13.6. The molecule has 0 spiro atoms. The Morgan fingerprint density at radius 3 is 1.69 bits per heavy atom. The molecule has 6 heteroatoms. The van der Waals surface area contributed by atoms with Crippen LogP contribution in [0.5, 0.6) is 0 Å². The van der Waals surface area contributed by atoms with Gasteiger partial charge in [0.1, 0.15) is 0 Å². The molecule has 1 N–H and O–H groups in total. The number of anilines is 2. The van der Waals surface area contributed by atoms with Crippen LogP contribution in [0.2, 0.25) is 0 Å². The molecule has 0 bridgehead atoms. The summed E-state index contributed by atoms with van der Waals surface area (Å²) in [7, 11) is 0. The van der Waals surface area contributed by atoms with Gasteiger partial charge in [-0.25, -0.2) is 0 Å². The van der Waals surface area contributed by atoms with Gasteiger partial charge in [0.2, 0.25) is 0 Å². The van der Waals surface area contributed by atoms with Gasteiger partial charge < -0.3 is 0 Å². The van der Waals surface area contributed by atoms with Gasteiger partial charge in [0.15, 0.2) is 0 Å². The van der Waals surface area contributed by atoms with Crippen molar-refractivity contribution in [1.29, 1.82) is 0 Å². The number of nitrogens with zero attached hydrogens (tertiary/aromatic N) is 1. The number of alkyl halides is 3.